The fraction of sp³-hybridized carbons (Fsp3) is 0.182. The van der Waals surface area contributed by atoms with Gasteiger partial charge in [-0.3, -0.25) is 14.5 Å². The molecule has 2 amide bonds. The maximum Gasteiger partial charge on any atom is 0.266 e. The maximum atomic E-state index is 12.7. The molecular weight excluding hydrogens is 486 g/mol. The summed E-state index contributed by atoms with van der Waals surface area (Å²) in [5.74, 6) is 0.446. The van der Waals surface area contributed by atoms with E-state index in [0.29, 0.717) is 32.3 Å². The van der Waals surface area contributed by atoms with Crippen molar-refractivity contribution in [3.8, 4) is 5.75 Å². The van der Waals surface area contributed by atoms with E-state index in [-0.39, 0.29) is 18.2 Å². The normalized spacial score (nSPS) is 15.1. The predicted octanol–water partition coefficient (Wildman–Crippen LogP) is 5.58. The Morgan fingerprint density at radius 3 is 2.81 bits per heavy atom. The first-order chi connectivity index (χ1) is 15.4. The third kappa shape index (κ3) is 5.29. The van der Waals surface area contributed by atoms with Crippen LogP contribution in [0.5, 0.6) is 5.75 Å². The molecular formula is C22H18ClN3O3S3. The minimum Gasteiger partial charge on any atom is -0.497 e. The lowest BCUT2D eigenvalue weighted by Gasteiger charge is -2.13. The molecule has 3 aromatic rings. The van der Waals surface area contributed by atoms with E-state index in [1.54, 1.807) is 30.2 Å². The van der Waals surface area contributed by atoms with Gasteiger partial charge in [0.25, 0.3) is 5.91 Å². The summed E-state index contributed by atoms with van der Waals surface area (Å²) in [5, 5.41) is 4.00. The van der Waals surface area contributed by atoms with Crippen LogP contribution < -0.4 is 10.1 Å². The number of halogens is 1. The average molecular weight is 504 g/mol. The van der Waals surface area contributed by atoms with Gasteiger partial charge in [0.15, 0.2) is 5.13 Å². The second kappa shape index (κ2) is 9.99. The number of anilines is 1. The number of carbonyl (C=O) groups excluding carboxylic acids is 2. The number of amides is 2. The average Bonchev–Trinajstić information content (AvgIpc) is 3.29. The van der Waals surface area contributed by atoms with Crippen LogP contribution in [0.2, 0.25) is 5.02 Å². The van der Waals surface area contributed by atoms with E-state index in [1.807, 2.05) is 30.3 Å². The van der Waals surface area contributed by atoms with E-state index in [0.717, 1.165) is 21.5 Å². The second-order valence-electron chi connectivity index (χ2n) is 6.89. The highest BCUT2D eigenvalue weighted by Crippen LogP contribution is 2.33. The first-order valence-corrected chi connectivity index (χ1v) is 12.1. The quantitative estimate of drug-likeness (QED) is 0.335. The number of carbonyl (C=O) groups is 2. The summed E-state index contributed by atoms with van der Waals surface area (Å²) in [6, 6.07) is 12.8. The number of benzene rings is 2. The molecule has 4 rings (SSSR count). The number of rotatable bonds is 7. The number of methoxy groups -OCH3 is 1. The van der Waals surface area contributed by atoms with Crippen molar-refractivity contribution in [3.05, 3.63) is 58.0 Å². The van der Waals surface area contributed by atoms with Crippen molar-refractivity contribution >= 4 is 84.5 Å². The molecule has 10 heteroatoms. The Hall–Kier alpha value is -2.46. The van der Waals surface area contributed by atoms with Crippen molar-refractivity contribution in [2.24, 2.45) is 0 Å². The molecule has 164 valence electrons. The topological polar surface area (TPSA) is 71.5 Å². The molecule has 2 heterocycles. The Morgan fingerprint density at radius 1 is 1.28 bits per heavy atom. The van der Waals surface area contributed by atoms with Gasteiger partial charge in [0.05, 0.1) is 22.2 Å². The van der Waals surface area contributed by atoms with Gasteiger partial charge in [-0.1, -0.05) is 59.1 Å². The Bertz CT molecular complexity index is 1220. The van der Waals surface area contributed by atoms with Crippen LogP contribution in [0.1, 0.15) is 18.4 Å². The Balaban J connectivity index is 1.31. The smallest absolute Gasteiger partial charge is 0.266 e. The number of nitrogens with zero attached hydrogens (tertiary/aromatic N) is 2. The first kappa shape index (κ1) is 22.7. The molecule has 1 aliphatic heterocycles. The lowest BCUT2D eigenvalue weighted by molar-refractivity contribution is -0.122. The van der Waals surface area contributed by atoms with Gasteiger partial charge in [-0.15, -0.1) is 0 Å². The highest BCUT2D eigenvalue weighted by Gasteiger charge is 2.31. The summed E-state index contributed by atoms with van der Waals surface area (Å²) in [6.45, 7) is 0.382. The number of ether oxygens (including phenoxy) is 1. The zero-order valence-corrected chi connectivity index (χ0v) is 20.2. The van der Waals surface area contributed by atoms with Gasteiger partial charge < -0.3 is 10.1 Å². The predicted molar refractivity (Wildman–Crippen MR) is 135 cm³/mol. The van der Waals surface area contributed by atoms with E-state index < -0.39 is 0 Å². The zero-order chi connectivity index (χ0) is 22.7. The number of aromatic nitrogens is 1. The Morgan fingerprint density at radius 2 is 2.06 bits per heavy atom. The van der Waals surface area contributed by atoms with Gasteiger partial charge in [-0.05, 0) is 48.4 Å². The molecule has 0 saturated carbocycles. The van der Waals surface area contributed by atoms with Crippen molar-refractivity contribution in [3.63, 3.8) is 0 Å². The molecule has 6 nitrogen and oxygen atoms in total. The van der Waals surface area contributed by atoms with E-state index in [9.17, 15) is 9.59 Å². The highest BCUT2D eigenvalue weighted by molar-refractivity contribution is 8.26. The van der Waals surface area contributed by atoms with Gasteiger partial charge in [0.1, 0.15) is 10.1 Å². The molecule has 0 unspecified atom stereocenters. The van der Waals surface area contributed by atoms with E-state index in [2.05, 4.69) is 10.3 Å². The van der Waals surface area contributed by atoms with Crippen molar-refractivity contribution in [2.75, 3.05) is 19.0 Å². The van der Waals surface area contributed by atoms with Crippen LogP contribution in [0.4, 0.5) is 5.13 Å². The summed E-state index contributed by atoms with van der Waals surface area (Å²) in [6.07, 6.45) is 2.54. The summed E-state index contributed by atoms with van der Waals surface area (Å²) in [7, 11) is 1.61. The number of thiazole rings is 1. The molecule has 0 radical (unpaired) electrons. The number of fused-ring (bicyclic) bond motifs is 1. The minimum atomic E-state index is -0.154. The number of thiocarbonyl (C=S) groups is 1. The Kier molecular flexibility index (Phi) is 7.10. The van der Waals surface area contributed by atoms with Crippen LogP contribution in [0, 0.1) is 0 Å². The zero-order valence-electron chi connectivity index (χ0n) is 17.0. The molecule has 1 N–H and O–H groups in total. The molecule has 0 aliphatic carbocycles. The highest BCUT2D eigenvalue weighted by atomic mass is 35.5. The second-order valence-corrected chi connectivity index (χ2v) is 10.0. The largest absolute Gasteiger partial charge is 0.497 e. The van der Waals surface area contributed by atoms with Crippen molar-refractivity contribution < 1.29 is 14.3 Å². The molecule has 1 saturated heterocycles. The van der Waals surface area contributed by atoms with Gasteiger partial charge in [-0.25, -0.2) is 4.98 Å². The fourth-order valence-corrected chi connectivity index (χ4v) is 5.41. The molecule has 1 fully saturated rings. The monoisotopic (exact) mass is 503 g/mol. The maximum absolute atomic E-state index is 12.7. The number of hydrogen-bond donors (Lipinski definition) is 1. The standard InChI is InChI=1S/C22H18ClN3O3S3/c1-29-15-8-9-16-17(12-15)31-21(24-16)25-19(27)3-2-10-26-20(28)18(32-22(26)30)11-13-4-6-14(23)7-5-13/h4-9,11-12H,2-3,10H2,1H3,(H,24,25,27)/b18-11-. The van der Waals surface area contributed by atoms with Crippen molar-refractivity contribution in [1.29, 1.82) is 0 Å². The van der Waals surface area contributed by atoms with E-state index in [1.165, 1.54) is 23.1 Å². The molecule has 0 spiro atoms. The number of thioether (sulfide) groups is 1. The van der Waals surface area contributed by atoms with Crippen LogP contribution in [0.25, 0.3) is 16.3 Å². The number of hydrogen-bond acceptors (Lipinski definition) is 7. The lowest BCUT2D eigenvalue weighted by Crippen LogP contribution is -2.29. The van der Waals surface area contributed by atoms with Crippen LogP contribution in [0.3, 0.4) is 0 Å². The van der Waals surface area contributed by atoms with Gasteiger partial charge in [0.2, 0.25) is 5.91 Å². The summed E-state index contributed by atoms with van der Waals surface area (Å²) in [4.78, 5) is 31.6. The van der Waals surface area contributed by atoms with Gasteiger partial charge in [-0.2, -0.15) is 0 Å². The van der Waals surface area contributed by atoms with Crippen molar-refractivity contribution in [1.82, 2.24) is 9.88 Å². The minimum absolute atomic E-state index is 0.143. The first-order valence-electron chi connectivity index (χ1n) is 9.68. The molecule has 1 aromatic heterocycles. The third-order valence-corrected chi connectivity index (χ3v) is 7.23. The summed E-state index contributed by atoms with van der Waals surface area (Å²) < 4.78 is 6.65. The van der Waals surface area contributed by atoms with Crippen molar-refractivity contribution in [2.45, 2.75) is 12.8 Å². The van der Waals surface area contributed by atoms with Crippen LogP contribution in [-0.2, 0) is 9.59 Å². The van der Waals surface area contributed by atoms with E-state index >= 15 is 0 Å². The van der Waals surface area contributed by atoms with Gasteiger partial charge in [0, 0.05) is 18.0 Å². The molecule has 0 atom stereocenters. The van der Waals surface area contributed by atoms with Crippen LogP contribution >= 0.6 is 46.9 Å². The lowest BCUT2D eigenvalue weighted by atomic mass is 10.2. The molecule has 0 bridgehead atoms. The number of nitrogens with one attached hydrogen (secondary N) is 1. The molecule has 1 aliphatic rings. The molecule has 32 heavy (non-hydrogen) atoms. The summed E-state index contributed by atoms with van der Waals surface area (Å²) in [5.41, 5.74) is 1.68. The van der Waals surface area contributed by atoms with E-state index in [4.69, 9.17) is 28.6 Å². The molecule has 2 aromatic carbocycles. The van der Waals surface area contributed by atoms with Crippen LogP contribution in [-0.4, -0.2) is 39.7 Å². The fourth-order valence-electron chi connectivity index (χ4n) is 3.07. The SMILES string of the molecule is COc1ccc2nc(NC(=O)CCCN3C(=O)/C(=C/c4ccc(Cl)cc4)SC3=S)sc2c1. The summed E-state index contributed by atoms with van der Waals surface area (Å²) >= 11 is 13.9. The Labute approximate surface area is 203 Å². The van der Waals surface area contributed by atoms with Gasteiger partial charge >= 0.3 is 0 Å². The van der Waals surface area contributed by atoms with Crippen LogP contribution in [0.15, 0.2) is 47.4 Å². The third-order valence-electron chi connectivity index (χ3n) is 4.67.